The molecule has 0 N–H and O–H groups in total. The van der Waals surface area contributed by atoms with Gasteiger partial charge in [-0.25, -0.2) is 0 Å². The van der Waals surface area contributed by atoms with Crippen molar-refractivity contribution in [3.05, 3.63) is 35.4 Å². The molecule has 15 heavy (non-hydrogen) atoms. The zero-order valence-electron chi connectivity index (χ0n) is 9.26. The Hall–Kier alpha value is -0.820. The van der Waals surface area contributed by atoms with Crippen molar-refractivity contribution in [1.29, 1.82) is 0 Å². The zero-order valence-corrected chi connectivity index (χ0v) is 10.0. The normalized spacial score (nSPS) is 24.6. The van der Waals surface area contributed by atoms with E-state index in [0.717, 1.165) is 18.6 Å². The van der Waals surface area contributed by atoms with Crippen molar-refractivity contribution in [1.82, 2.24) is 0 Å². The van der Waals surface area contributed by atoms with E-state index >= 15 is 0 Å². The maximum Gasteiger partial charge on any atom is 0.0649 e. The second-order valence-corrected chi connectivity index (χ2v) is 4.64. The molecule has 0 saturated carbocycles. The van der Waals surface area contributed by atoms with Crippen molar-refractivity contribution in [3.63, 3.8) is 0 Å². The number of halogens is 1. The first kappa shape index (κ1) is 10.7. The van der Waals surface area contributed by atoms with Crippen LogP contribution in [0.3, 0.4) is 0 Å². The third-order valence-corrected chi connectivity index (χ3v) is 3.45. The van der Waals surface area contributed by atoms with Crippen LogP contribution in [0.1, 0.15) is 31.4 Å². The summed E-state index contributed by atoms with van der Waals surface area (Å²) >= 11 is 5.96. The van der Waals surface area contributed by atoms with Crippen molar-refractivity contribution in [3.8, 4) is 0 Å². The fourth-order valence-corrected chi connectivity index (χ4v) is 2.30. The summed E-state index contributed by atoms with van der Waals surface area (Å²) < 4.78 is 0. The molecule has 0 aliphatic carbocycles. The fourth-order valence-electron chi connectivity index (χ4n) is 2.10. The molecule has 0 spiro atoms. The highest BCUT2D eigenvalue weighted by Gasteiger charge is 2.28. The van der Waals surface area contributed by atoms with E-state index < -0.39 is 0 Å². The second-order valence-electron chi connectivity index (χ2n) is 4.38. The quantitative estimate of drug-likeness (QED) is 0.679. The molecule has 0 aromatic heterocycles. The Labute approximate surface area is 96.2 Å². The molecule has 0 bridgehead atoms. The number of fused-ring (bicyclic) bond motifs is 1. The Morgan fingerprint density at radius 2 is 2.13 bits per heavy atom. The van der Waals surface area contributed by atoms with Gasteiger partial charge in [0.25, 0.3) is 0 Å². The number of alkyl halides is 1. The van der Waals surface area contributed by atoms with Gasteiger partial charge in [0.2, 0.25) is 0 Å². The molecule has 1 heterocycles. The van der Waals surface area contributed by atoms with Gasteiger partial charge in [0.1, 0.15) is 0 Å². The first-order chi connectivity index (χ1) is 7.18. The predicted octanol–water partition coefficient (Wildman–Crippen LogP) is 3.44. The van der Waals surface area contributed by atoms with Crippen molar-refractivity contribution < 1.29 is 0 Å². The minimum atomic E-state index is 0.0403. The lowest BCUT2D eigenvalue weighted by atomic mass is 9.84. The summed E-state index contributed by atoms with van der Waals surface area (Å²) in [6, 6.07) is 8.44. The van der Waals surface area contributed by atoms with Gasteiger partial charge >= 0.3 is 0 Å². The molecular weight excluding hydrogens is 206 g/mol. The molecular formula is C13H16ClN. The number of benzene rings is 1. The Morgan fingerprint density at radius 3 is 2.80 bits per heavy atom. The third-order valence-electron chi connectivity index (χ3n) is 3.19. The molecule has 1 aromatic rings. The molecule has 0 amide bonds. The van der Waals surface area contributed by atoms with Crippen LogP contribution in [0.25, 0.3) is 0 Å². The van der Waals surface area contributed by atoms with Crippen LogP contribution in [0.4, 0.5) is 0 Å². The largest absolute Gasteiger partial charge is 0.281 e. The van der Waals surface area contributed by atoms with Gasteiger partial charge in [-0.1, -0.05) is 31.2 Å². The third kappa shape index (κ3) is 1.93. The number of aliphatic imine (C=N–C) groups is 1. The van der Waals surface area contributed by atoms with Crippen LogP contribution < -0.4 is 0 Å². The molecule has 0 fully saturated rings. The first-order valence-corrected chi connectivity index (χ1v) is 5.95. The average molecular weight is 222 g/mol. The summed E-state index contributed by atoms with van der Waals surface area (Å²) in [5.74, 6) is 0.507. The molecule has 1 nitrogen and oxygen atoms in total. The predicted molar refractivity (Wildman–Crippen MR) is 66.1 cm³/mol. The van der Waals surface area contributed by atoms with Crippen molar-refractivity contribution in [2.24, 2.45) is 4.99 Å². The number of hydrogen-bond donors (Lipinski definition) is 0. The Balaban J connectivity index is 2.50. The van der Waals surface area contributed by atoms with Crippen molar-refractivity contribution in [2.45, 2.75) is 32.2 Å². The molecule has 0 saturated heterocycles. The van der Waals surface area contributed by atoms with Gasteiger partial charge < -0.3 is 0 Å². The molecule has 1 aliphatic rings. The molecule has 1 aromatic carbocycles. The van der Waals surface area contributed by atoms with Gasteiger partial charge in [-0.2, -0.15) is 0 Å². The summed E-state index contributed by atoms with van der Waals surface area (Å²) in [5.41, 5.74) is 3.70. The minimum absolute atomic E-state index is 0.0403. The van der Waals surface area contributed by atoms with E-state index in [1.165, 1.54) is 11.1 Å². The van der Waals surface area contributed by atoms with Gasteiger partial charge in [-0.3, -0.25) is 4.99 Å². The first-order valence-electron chi connectivity index (χ1n) is 5.41. The highest BCUT2D eigenvalue weighted by atomic mass is 35.5. The minimum Gasteiger partial charge on any atom is -0.281 e. The molecule has 2 heteroatoms. The molecule has 1 aliphatic heterocycles. The lowest BCUT2D eigenvalue weighted by molar-refractivity contribution is 0.448. The Bertz CT molecular complexity index is 397. The van der Waals surface area contributed by atoms with Crippen molar-refractivity contribution in [2.75, 3.05) is 5.88 Å². The summed E-state index contributed by atoms with van der Waals surface area (Å²) in [6.07, 6.45) is 2.09. The highest BCUT2D eigenvalue weighted by Crippen LogP contribution is 2.29. The average Bonchev–Trinajstić information content (AvgIpc) is 2.28. The van der Waals surface area contributed by atoms with E-state index in [9.17, 15) is 0 Å². The lowest BCUT2D eigenvalue weighted by Crippen LogP contribution is -2.32. The molecule has 0 unspecified atom stereocenters. The van der Waals surface area contributed by atoms with E-state index in [2.05, 4.69) is 38.1 Å². The molecule has 1 atom stereocenters. The molecule has 80 valence electrons. The van der Waals surface area contributed by atoms with Gasteiger partial charge in [0.15, 0.2) is 0 Å². The number of nitrogens with zero attached hydrogens (tertiary/aromatic N) is 1. The number of hydrogen-bond acceptors (Lipinski definition) is 1. The maximum absolute atomic E-state index is 5.96. The highest BCUT2D eigenvalue weighted by molar-refractivity contribution is 6.32. The van der Waals surface area contributed by atoms with Gasteiger partial charge in [-0.15, -0.1) is 11.6 Å². The van der Waals surface area contributed by atoms with E-state index in [4.69, 9.17) is 16.6 Å². The number of rotatable bonds is 2. The van der Waals surface area contributed by atoms with Crippen LogP contribution in [-0.2, 0) is 6.42 Å². The Kier molecular flexibility index (Phi) is 2.83. The van der Waals surface area contributed by atoms with Gasteiger partial charge in [0.05, 0.1) is 17.1 Å². The maximum atomic E-state index is 5.96. The van der Waals surface area contributed by atoms with Crippen LogP contribution in [0.15, 0.2) is 29.3 Å². The summed E-state index contributed by atoms with van der Waals surface area (Å²) in [5, 5.41) is 0. The van der Waals surface area contributed by atoms with Crippen molar-refractivity contribution >= 4 is 17.3 Å². The topological polar surface area (TPSA) is 12.4 Å². The van der Waals surface area contributed by atoms with Crippen LogP contribution >= 0.6 is 11.6 Å². The Morgan fingerprint density at radius 1 is 1.40 bits per heavy atom. The van der Waals surface area contributed by atoms with Crippen LogP contribution in [0.5, 0.6) is 0 Å². The molecule has 2 rings (SSSR count). The zero-order chi connectivity index (χ0) is 10.9. The monoisotopic (exact) mass is 221 g/mol. The van der Waals surface area contributed by atoms with E-state index in [-0.39, 0.29) is 5.54 Å². The lowest BCUT2D eigenvalue weighted by Gasteiger charge is -2.31. The summed E-state index contributed by atoms with van der Waals surface area (Å²) in [4.78, 5) is 4.78. The standard InChI is InChI=1S/C13H16ClN/c1-3-13(2)8-10-6-4-5-7-11(10)12(9-14)15-13/h4-7H,3,8-9H2,1-2H3/t13-/m1/s1. The SMILES string of the molecule is CC[C@]1(C)Cc2ccccc2C(CCl)=N1. The summed E-state index contributed by atoms with van der Waals surface area (Å²) in [6.45, 7) is 4.39. The van der Waals surface area contributed by atoms with Crippen LogP contribution in [0, 0.1) is 0 Å². The van der Waals surface area contributed by atoms with E-state index in [1.54, 1.807) is 0 Å². The van der Waals surface area contributed by atoms with Gasteiger partial charge in [-0.05, 0) is 25.3 Å². The second kappa shape index (κ2) is 3.97. The van der Waals surface area contributed by atoms with Crippen LogP contribution in [-0.4, -0.2) is 17.1 Å². The summed E-state index contributed by atoms with van der Waals surface area (Å²) in [7, 11) is 0. The fraction of sp³-hybridized carbons (Fsp3) is 0.462. The van der Waals surface area contributed by atoms with Crippen LogP contribution in [0.2, 0.25) is 0 Å². The smallest absolute Gasteiger partial charge is 0.0649 e. The molecule has 0 radical (unpaired) electrons. The van der Waals surface area contributed by atoms with Gasteiger partial charge in [0, 0.05) is 5.56 Å². The van der Waals surface area contributed by atoms with E-state index in [0.29, 0.717) is 5.88 Å². The van der Waals surface area contributed by atoms with E-state index in [1.807, 2.05) is 0 Å².